The number of aryl methyl sites for hydroxylation is 1. The lowest BCUT2D eigenvalue weighted by Crippen LogP contribution is -2.37. The zero-order valence-corrected chi connectivity index (χ0v) is 14.7. The zero-order valence-electron chi connectivity index (χ0n) is 14.7. The third-order valence-electron chi connectivity index (χ3n) is 4.28. The topological polar surface area (TPSA) is 24.2 Å². The molecule has 0 radical (unpaired) electrons. The Labute approximate surface area is 149 Å². The van der Waals surface area contributed by atoms with E-state index in [-0.39, 0.29) is 5.78 Å². The van der Waals surface area contributed by atoms with Crippen molar-refractivity contribution in [2.75, 3.05) is 11.9 Å². The summed E-state index contributed by atoms with van der Waals surface area (Å²) in [5.41, 5.74) is 4.32. The predicted molar refractivity (Wildman–Crippen MR) is 101 cm³/mol. The molecule has 2 aromatic carbocycles. The first-order chi connectivity index (χ1) is 12.1. The van der Waals surface area contributed by atoms with E-state index in [1.165, 1.54) is 5.56 Å². The van der Waals surface area contributed by atoms with E-state index in [9.17, 15) is 4.79 Å². The predicted octanol–water partition coefficient (Wildman–Crippen LogP) is 3.80. The van der Waals surface area contributed by atoms with Crippen LogP contribution in [0.3, 0.4) is 0 Å². The van der Waals surface area contributed by atoms with Crippen LogP contribution < -0.4 is 9.47 Å². The molecule has 0 unspecified atom stereocenters. The fourth-order valence-electron chi connectivity index (χ4n) is 2.75. The van der Waals surface area contributed by atoms with Crippen molar-refractivity contribution < 1.29 is 9.36 Å². The molecule has 0 saturated heterocycles. The van der Waals surface area contributed by atoms with Gasteiger partial charge in [0, 0.05) is 37.0 Å². The molecule has 0 amide bonds. The van der Waals surface area contributed by atoms with Gasteiger partial charge >= 0.3 is 0 Å². The molecule has 0 N–H and O–H groups in total. The number of carbonyl (C=O) groups is 1. The van der Waals surface area contributed by atoms with Crippen LogP contribution in [0.1, 0.15) is 21.5 Å². The lowest BCUT2D eigenvalue weighted by atomic mass is 10.1. The summed E-state index contributed by atoms with van der Waals surface area (Å²) in [7, 11) is 2.07. The maximum Gasteiger partial charge on any atom is 0.227 e. The number of anilines is 1. The first-order valence-corrected chi connectivity index (χ1v) is 8.46. The van der Waals surface area contributed by atoms with Crippen molar-refractivity contribution in [3.63, 3.8) is 0 Å². The Kier molecular flexibility index (Phi) is 5.24. The average Bonchev–Trinajstić information content (AvgIpc) is 2.63. The van der Waals surface area contributed by atoms with Crippen molar-refractivity contribution in [1.82, 2.24) is 0 Å². The third kappa shape index (κ3) is 4.54. The monoisotopic (exact) mass is 331 g/mol. The van der Waals surface area contributed by atoms with Gasteiger partial charge in [0.2, 0.25) is 12.3 Å². The van der Waals surface area contributed by atoms with E-state index in [1.807, 2.05) is 66.3 Å². The lowest BCUT2D eigenvalue weighted by Gasteiger charge is -2.18. The summed E-state index contributed by atoms with van der Waals surface area (Å²) < 4.78 is 1.92. The second kappa shape index (κ2) is 7.75. The Morgan fingerprint density at radius 2 is 1.56 bits per heavy atom. The van der Waals surface area contributed by atoms with Gasteiger partial charge in [-0.3, -0.25) is 4.79 Å². The molecular weight excluding hydrogens is 308 g/mol. The van der Waals surface area contributed by atoms with Crippen LogP contribution >= 0.6 is 0 Å². The Morgan fingerprint density at radius 1 is 0.920 bits per heavy atom. The number of Topliss-reactive ketones (excluding diaryl/α,β-unsaturated/α-hetero) is 1. The molecule has 0 bridgehead atoms. The quantitative estimate of drug-likeness (QED) is 0.507. The minimum absolute atomic E-state index is 0.121. The molecule has 0 spiro atoms. The van der Waals surface area contributed by atoms with Gasteiger partial charge in [0.25, 0.3) is 0 Å². The number of hydrogen-bond donors (Lipinski definition) is 0. The van der Waals surface area contributed by atoms with E-state index >= 15 is 0 Å². The molecule has 0 aliphatic heterocycles. The van der Waals surface area contributed by atoms with Gasteiger partial charge in [-0.25, -0.2) is 0 Å². The van der Waals surface area contributed by atoms with Gasteiger partial charge in [-0.05, 0) is 12.5 Å². The van der Waals surface area contributed by atoms with E-state index in [2.05, 4.69) is 36.2 Å². The van der Waals surface area contributed by atoms with Crippen LogP contribution in [0.5, 0.6) is 0 Å². The number of nitrogens with zero attached hydrogens (tertiary/aromatic N) is 2. The highest BCUT2D eigenvalue weighted by Gasteiger charge is 2.12. The number of ketones is 1. The minimum atomic E-state index is 0.121. The van der Waals surface area contributed by atoms with Gasteiger partial charge in [-0.1, -0.05) is 60.2 Å². The van der Waals surface area contributed by atoms with Gasteiger partial charge in [-0.15, -0.1) is 0 Å². The Bertz CT molecular complexity index is 824. The number of hydrogen-bond acceptors (Lipinski definition) is 2. The molecule has 3 nitrogen and oxygen atoms in total. The van der Waals surface area contributed by atoms with Gasteiger partial charge in [0.05, 0.1) is 0 Å². The lowest BCUT2D eigenvalue weighted by molar-refractivity contribution is -0.683. The van der Waals surface area contributed by atoms with Crippen molar-refractivity contribution in [2.45, 2.75) is 20.0 Å². The smallest absolute Gasteiger partial charge is 0.227 e. The number of aromatic nitrogens is 1. The van der Waals surface area contributed by atoms with Crippen LogP contribution in [0.4, 0.5) is 5.69 Å². The molecule has 126 valence electrons. The van der Waals surface area contributed by atoms with E-state index in [4.69, 9.17) is 0 Å². The average molecular weight is 331 g/mol. The molecule has 0 fully saturated rings. The maximum absolute atomic E-state index is 12.4. The number of rotatable bonds is 6. The van der Waals surface area contributed by atoms with Gasteiger partial charge in [0.1, 0.15) is 0 Å². The first-order valence-electron chi connectivity index (χ1n) is 8.46. The third-order valence-corrected chi connectivity index (χ3v) is 4.28. The van der Waals surface area contributed by atoms with E-state index in [1.54, 1.807) is 0 Å². The highest BCUT2D eigenvalue weighted by Crippen LogP contribution is 2.13. The van der Waals surface area contributed by atoms with E-state index in [0.717, 1.165) is 23.4 Å². The van der Waals surface area contributed by atoms with Gasteiger partial charge in [-0.2, -0.15) is 4.57 Å². The second-order valence-corrected chi connectivity index (χ2v) is 6.36. The number of benzene rings is 2. The van der Waals surface area contributed by atoms with Crippen molar-refractivity contribution in [1.29, 1.82) is 0 Å². The molecule has 0 saturated carbocycles. The van der Waals surface area contributed by atoms with E-state index < -0.39 is 0 Å². The summed E-state index contributed by atoms with van der Waals surface area (Å²) in [5, 5.41) is 0. The molecule has 3 aromatic rings. The minimum Gasteiger partial charge on any atom is -0.370 e. The Morgan fingerprint density at radius 3 is 2.20 bits per heavy atom. The Hall–Kier alpha value is -2.94. The van der Waals surface area contributed by atoms with Crippen LogP contribution in [-0.4, -0.2) is 12.8 Å². The standard InChI is InChI=1S/C22H23N2O/c1-18-8-10-20(11-9-18)22(25)17-24-14-12-21(13-15-24)23(2)16-19-6-4-3-5-7-19/h3-15H,16-17H2,1-2H3/q+1. The summed E-state index contributed by atoms with van der Waals surface area (Å²) in [6.45, 7) is 3.23. The van der Waals surface area contributed by atoms with Gasteiger partial charge < -0.3 is 4.90 Å². The van der Waals surface area contributed by atoms with Crippen molar-refractivity contribution >= 4 is 11.5 Å². The molecule has 25 heavy (non-hydrogen) atoms. The highest BCUT2D eigenvalue weighted by atomic mass is 16.1. The van der Waals surface area contributed by atoms with Crippen LogP contribution in [0.15, 0.2) is 79.1 Å². The summed E-state index contributed by atoms with van der Waals surface area (Å²) in [6, 6.07) is 22.2. The zero-order chi connectivity index (χ0) is 17.6. The van der Waals surface area contributed by atoms with Gasteiger partial charge in [0.15, 0.2) is 12.4 Å². The SMILES string of the molecule is Cc1ccc(C(=O)C[n+]2ccc(N(C)Cc3ccccc3)cc2)cc1. The fraction of sp³-hybridized carbons (Fsp3) is 0.182. The molecule has 3 rings (SSSR count). The molecule has 0 aliphatic carbocycles. The fourth-order valence-corrected chi connectivity index (χ4v) is 2.75. The first kappa shape index (κ1) is 16.9. The molecule has 3 heteroatoms. The normalized spacial score (nSPS) is 10.5. The Balaban J connectivity index is 1.63. The van der Waals surface area contributed by atoms with Crippen molar-refractivity contribution in [2.24, 2.45) is 0 Å². The summed E-state index contributed by atoms with van der Waals surface area (Å²) in [5.74, 6) is 0.121. The molecular formula is C22H23N2O+. The van der Waals surface area contributed by atoms with Crippen LogP contribution in [-0.2, 0) is 13.1 Å². The maximum atomic E-state index is 12.4. The summed E-state index contributed by atoms with van der Waals surface area (Å²) >= 11 is 0. The number of carbonyl (C=O) groups excluding carboxylic acids is 1. The number of pyridine rings is 1. The summed E-state index contributed by atoms with van der Waals surface area (Å²) in [4.78, 5) is 14.6. The second-order valence-electron chi connectivity index (χ2n) is 6.36. The van der Waals surface area contributed by atoms with E-state index in [0.29, 0.717) is 6.54 Å². The molecule has 0 aliphatic rings. The van der Waals surface area contributed by atoms with Crippen LogP contribution in [0.2, 0.25) is 0 Å². The molecule has 0 atom stereocenters. The summed E-state index contributed by atoms with van der Waals surface area (Å²) in [6.07, 6.45) is 3.92. The van der Waals surface area contributed by atoms with Crippen LogP contribution in [0.25, 0.3) is 0 Å². The molecule has 1 heterocycles. The van der Waals surface area contributed by atoms with Crippen LogP contribution in [0, 0.1) is 6.92 Å². The molecule has 1 aromatic heterocycles. The largest absolute Gasteiger partial charge is 0.370 e. The van der Waals surface area contributed by atoms with Crippen molar-refractivity contribution in [3.05, 3.63) is 95.8 Å². The van der Waals surface area contributed by atoms with Crippen molar-refractivity contribution in [3.8, 4) is 0 Å². The highest BCUT2D eigenvalue weighted by molar-refractivity contribution is 5.95.